The highest BCUT2D eigenvalue weighted by molar-refractivity contribution is 7.99. The Bertz CT molecular complexity index is 455. The van der Waals surface area contributed by atoms with Crippen molar-refractivity contribution in [2.24, 2.45) is 5.73 Å². The van der Waals surface area contributed by atoms with Gasteiger partial charge in [-0.15, -0.1) is 5.10 Å². The zero-order valence-electron chi connectivity index (χ0n) is 9.76. The van der Waals surface area contributed by atoms with Gasteiger partial charge in [0.25, 0.3) is 0 Å². The van der Waals surface area contributed by atoms with Crippen LogP contribution < -0.4 is 5.73 Å². The normalized spacial score (nSPS) is 12.6. The molecule has 0 aliphatic carbocycles. The highest BCUT2D eigenvalue weighted by Gasteiger charge is 2.14. The van der Waals surface area contributed by atoms with Crippen molar-refractivity contribution in [2.75, 3.05) is 6.54 Å². The summed E-state index contributed by atoms with van der Waals surface area (Å²) in [7, 11) is 0. The molecule has 1 aromatic heterocycles. The fraction of sp³-hybridized carbons (Fsp3) is 0.333. The first-order valence-corrected chi connectivity index (χ1v) is 6.48. The average Bonchev–Trinajstić information content (AvgIpc) is 2.75. The number of nitrogens with two attached hydrogens (primary N) is 1. The van der Waals surface area contributed by atoms with E-state index in [1.807, 2.05) is 25.1 Å². The second-order valence-corrected chi connectivity index (χ2v) is 4.97. The third-order valence-corrected chi connectivity index (χ3v) is 3.61. The van der Waals surface area contributed by atoms with E-state index in [9.17, 15) is 0 Å². The van der Waals surface area contributed by atoms with Crippen molar-refractivity contribution < 1.29 is 0 Å². The molecule has 2 aromatic rings. The second-order valence-electron chi connectivity index (χ2n) is 3.80. The molecule has 90 valence electrons. The lowest BCUT2D eigenvalue weighted by atomic mass is 10.1. The van der Waals surface area contributed by atoms with E-state index in [2.05, 4.69) is 27.3 Å². The smallest absolute Gasteiger partial charge is 0.209 e. The minimum Gasteiger partial charge on any atom is -0.330 e. The van der Waals surface area contributed by atoms with Crippen LogP contribution in [0.15, 0.2) is 35.5 Å². The Kier molecular flexibility index (Phi) is 4.17. The average molecular weight is 248 g/mol. The molecular formula is C12H16N4S. The molecule has 0 fully saturated rings. The summed E-state index contributed by atoms with van der Waals surface area (Å²) < 4.78 is 0. The molecule has 2 rings (SSSR count). The lowest BCUT2D eigenvalue weighted by molar-refractivity contribution is 0.808. The van der Waals surface area contributed by atoms with E-state index < -0.39 is 0 Å². The lowest BCUT2D eigenvalue weighted by Crippen LogP contribution is -2.05. The summed E-state index contributed by atoms with van der Waals surface area (Å²) in [5, 5.41) is 8.10. The Morgan fingerprint density at radius 3 is 2.71 bits per heavy atom. The number of aromatic nitrogens is 3. The van der Waals surface area contributed by atoms with E-state index in [0.717, 1.165) is 17.4 Å². The topological polar surface area (TPSA) is 67.6 Å². The number of nitrogens with one attached hydrogen (secondary N) is 1. The lowest BCUT2D eigenvalue weighted by Gasteiger charge is -2.13. The Morgan fingerprint density at radius 2 is 2.12 bits per heavy atom. The van der Waals surface area contributed by atoms with Crippen LogP contribution in [0.25, 0.3) is 0 Å². The van der Waals surface area contributed by atoms with Gasteiger partial charge in [-0.2, -0.15) is 0 Å². The summed E-state index contributed by atoms with van der Waals surface area (Å²) in [6.45, 7) is 2.56. The van der Waals surface area contributed by atoms with Gasteiger partial charge in [-0.1, -0.05) is 42.1 Å². The molecule has 0 aliphatic rings. The fourth-order valence-electron chi connectivity index (χ4n) is 1.61. The molecule has 0 spiro atoms. The summed E-state index contributed by atoms with van der Waals surface area (Å²) in [4.78, 5) is 4.31. The van der Waals surface area contributed by atoms with Gasteiger partial charge in [-0.3, -0.25) is 5.10 Å². The maximum Gasteiger partial charge on any atom is 0.209 e. The number of H-pyrrole nitrogens is 1. The van der Waals surface area contributed by atoms with Crippen LogP contribution in [0.4, 0.5) is 0 Å². The zero-order chi connectivity index (χ0) is 12.1. The molecule has 5 heteroatoms. The van der Waals surface area contributed by atoms with Gasteiger partial charge in [0, 0.05) is 5.25 Å². The Morgan fingerprint density at radius 1 is 1.35 bits per heavy atom. The number of aromatic amines is 1. The van der Waals surface area contributed by atoms with Crippen molar-refractivity contribution in [1.29, 1.82) is 0 Å². The van der Waals surface area contributed by atoms with Crippen LogP contribution in [-0.4, -0.2) is 21.7 Å². The van der Waals surface area contributed by atoms with Crippen molar-refractivity contribution in [3.8, 4) is 0 Å². The van der Waals surface area contributed by atoms with Crippen LogP contribution >= 0.6 is 11.8 Å². The summed E-state index contributed by atoms with van der Waals surface area (Å²) in [5.74, 6) is 0.840. The van der Waals surface area contributed by atoms with Crippen molar-refractivity contribution in [2.45, 2.75) is 23.8 Å². The van der Waals surface area contributed by atoms with Crippen molar-refractivity contribution in [3.05, 3.63) is 41.7 Å². The minimum absolute atomic E-state index is 0.316. The maximum atomic E-state index is 5.66. The highest BCUT2D eigenvalue weighted by atomic mass is 32.2. The molecule has 17 heavy (non-hydrogen) atoms. The molecule has 1 atom stereocenters. The van der Waals surface area contributed by atoms with E-state index >= 15 is 0 Å². The SMILES string of the molecule is Cc1nc(SC(CCN)c2ccccc2)n[nH]1. The van der Waals surface area contributed by atoms with Gasteiger partial charge in [-0.05, 0) is 25.5 Å². The van der Waals surface area contributed by atoms with Crippen molar-refractivity contribution in [1.82, 2.24) is 15.2 Å². The van der Waals surface area contributed by atoms with Gasteiger partial charge >= 0.3 is 0 Å². The summed E-state index contributed by atoms with van der Waals surface area (Å²) >= 11 is 1.65. The number of aryl methyl sites for hydroxylation is 1. The van der Waals surface area contributed by atoms with Gasteiger partial charge in [0.1, 0.15) is 5.82 Å². The Balaban J connectivity index is 2.13. The molecule has 0 saturated heterocycles. The predicted octanol–water partition coefficient (Wildman–Crippen LogP) is 2.30. The quantitative estimate of drug-likeness (QED) is 0.797. The first-order chi connectivity index (χ1) is 8.29. The van der Waals surface area contributed by atoms with E-state index in [1.165, 1.54) is 5.56 Å². The molecule has 0 bridgehead atoms. The first kappa shape index (κ1) is 12.1. The summed E-state index contributed by atoms with van der Waals surface area (Å²) in [6.07, 6.45) is 0.919. The van der Waals surface area contributed by atoms with Crippen LogP contribution in [0.2, 0.25) is 0 Å². The van der Waals surface area contributed by atoms with Gasteiger partial charge in [0.15, 0.2) is 0 Å². The Labute approximate surface area is 105 Å². The van der Waals surface area contributed by atoms with Gasteiger partial charge in [-0.25, -0.2) is 4.98 Å². The van der Waals surface area contributed by atoms with Crippen LogP contribution in [-0.2, 0) is 0 Å². The number of hydrogen-bond acceptors (Lipinski definition) is 4. The van der Waals surface area contributed by atoms with Gasteiger partial charge in [0.05, 0.1) is 0 Å². The molecule has 0 radical (unpaired) electrons. The summed E-state index contributed by atoms with van der Waals surface area (Å²) in [6, 6.07) is 10.3. The first-order valence-electron chi connectivity index (χ1n) is 5.60. The number of rotatable bonds is 5. The third-order valence-electron chi connectivity index (χ3n) is 2.42. The van der Waals surface area contributed by atoms with Crippen LogP contribution in [0, 0.1) is 6.92 Å². The number of nitrogens with zero attached hydrogens (tertiary/aromatic N) is 2. The van der Waals surface area contributed by atoms with Crippen LogP contribution in [0.1, 0.15) is 23.1 Å². The molecule has 4 nitrogen and oxygen atoms in total. The molecular weight excluding hydrogens is 232 g/mol. The molecule has 1 unspecified atom stereocenters. The van der Waals surface area contributed by atoms with Crippen molar-refractivity contribution in [3.63, 3.8) is 0 Å². The van der Waals surface area contributed by atoms with Crippen molar-refractivity contribution >= 4 is 11.8 Å². The fourth-order valence-corrected chi connectivity index (χ4v) is 2.70. The summed E-state index contributed by atoms with van der Waals surface area (Å²) in [5.41, 5.74) is 6.93. The van der Waals surface area contributed by atoms with Gasteiger partial charge < -0.3 is 5.73 Å². The Hall–Kier alpha value is -1.33. The van der Waals surface area contributed by atoms with E-state index in [0.29, 0.717) is 11.8 Å². The van der Waals surface area contributed by atoms with E-state index in [-0.39, 0.29) is 0 Å². The molecule has 0 saturated carbocycles. The molecule has 0 amide bonds. The van der Waals surface area contributed by atoms with Crippen LogP contribution in [0.3, 0.4) is 0 Å². The molecule has 3 N–H and O–H groups in total. The predicted molar refractivity (Wildman–Crippen MR) is 69.8 cm³/mol. The molecule has 1 heterocycles. The maximum absolute atomic E-state index is 5.66. The van der Waals surface area contributed by atoms with Crippen LogP contribution in [0.5, 0.6) is 0 Å². The second kappa shape index (κ2) is 5.84. The highest BCUT2D eigenvalue weighted by Crippen LogP contribution is 2.35. The molecule has 1 aromatic carbocycles. The number of thioether (sulfide) groups is 1. The standard InChI is InChI=1S/C12H16N4S/c1-9-14-12(16-15-9)17-11(7-8-13)10-5-3-2-4-6-10/h2-6,11H,7-8,13H2,1H3,(H,14,15,16). The monoisotopic (exact) mass is 248 g/mol. The number of benzene rings is 1. The largest absolute Gasteiger partial charge is 0.330 e. The molecule has 0 aliphatic heterocycles. The number of hydrogen-bond donors (Lipinski definition) is 2. The van der Waals surface area contributed by atoms with E-state index in [4.69, 9.17) is 5.73 Å². The third kappa shape index (κ3) is 3.31. The minimum atomic E-state index is 0.316. The zero-order valence-corrected chi connectivity index (χ0v) is 10.6. The van der Waals surface area contributed by atoms with E-state index in [1.54, 1.807) is 11.8 Å². The van der Waals surface area contributed by atoms with Gasteiger partial charge in [0.2, 0.25) is 5.16 Å².